The highest BCUT2D eigenvalue weighted by atomic mass is 32.2. The van der Waals surface area contributed by atoms with Crippen molar-refractivity contribution in [2.75, 3.05) is 6.26 Å². The zero-order chi connectivity index (χ0) is 15.5. The maximum absolute atomic E-state index is 11.7. The molecule has 0 aromatic heterocycles. The highest BCUT2D eigenvalue weighted by Gasteiger charge is 2.22. The summed E-state index contributed by atoms with van der Waals surface area (Å²) in [7, 11) is -0.933. The van der Waals surface area contributed by atoms with Crippen LogP contribution in [0.1, 0.15) is 65.2 Å². The van der Waals surface area contributed by atoms with Gasteiger partial charge in [-0.2, -0.15) is 0 Å². The number of carbonyl (C=O) groups excluding carboxylic acids is 1. The lowest BCUT2D eigenvalue weighted by Crippen LogP contribution is -2.29. The van der Waals surface area contributed by atoms with E-state index in [1.807, 2.05) is 6.92 Å². The molecule has 0 aliphatic rings. The summed E-state index contributed by atoms with van der Waals surface area (Å²) in [6.07, 6.45) is 8.10. The van der Waals surface area contributed by atoms with E-state index < -0.39 is 16.9 Å². The molecular formula is C15H31NO3S. The summed E-state index contributed by atoms with van der Waals surface area (Å²) < 4.78 is 11.7. The molecule has 0 aromatic carbocycles. The summed E-state index contributed by atoms with van der Waals surface area (Å²) >= 11 is 0. The van der Waals surface area contributed by atoms with Gasteiger partial charge in [-0.1, -0.05) is 39.5 Å². The fraction of sp³-hybridized carbons (Fsp3) is 0.933. The number of nitrogens with two attached hydrogens (primary N) is 1. The molecule has 0 aliphatic carbocycles. The van der Waals surface area contributed by atoms with E-state index in [0.29, 0.717) is 19.3 Å². The quantitative estimate of drug-likeness (QED) is 0.543. The van der Waals surface area contributed by atoms with Crippen molar-refractivity contribution in [1.82, 2.24) is 0 Å². The molecule has 20 heavy (non-hydrogen) atoms. The summed E-state index contributed by atoms with van der Waals surface area (Å²) in [5.74, 6) is -0.639. The average molecular weight is 305 g/mol. The van der Waals surface area contributed by atoms with E-state index in [0.717, 1.165) is 19.3 Å². The van der Waals surface area contributed by atoms with Crippen LogP contribution in [0.25, 0.3) is 0 Å². The van der Waals surface area contributed by atoms with Crippen molar-refractivity contribution in [3.63, 3.8) is 0 Å². The molecule has 3 N–H and O–H groups in total. The minimum atomic E-state index is -0.933. The third kappa shape index (κ3) is 8.69. The summed E-state index contributed by atoms with van der Waals surface area (Å²) in [4.78, 5) is 11.2. The number of primary amides is 1. The van der Waals surface area contributed by atoms with E-state index in [4.69, 9.17) is 5.73 Å². The van der Waals surface area contributed by atoms with Gasteiger partial charge in [0.25, 0.3) is 0 Å². The number of aliphatic hydroxyl groups is 1. The van der Waals surface area contributed by atoms with Gasteiger partial charge in [-0.3, -0.25) is 9.00 Å². The first-order valence-electron chi connectivity index (χ1n) is 7.71. The third-order valence-corrected chi connectivity index (χ3v) is 5.20. The SMILES string of the molecule is CCCCCCC(CC(O)CC(CC)C(N)=O)S(C)=O. The predicted octanol–water partition coefficient (Wildman–Crippen LogP) is 2.36. The standard InChI is InChI=1S/C15H31NO3S/c1-4-6-7-8-9-14(20(3)19)11-13(17)10-12(5-2)15(16)18/h12-14,17H,4-11H2,1-3H3,(H2,16,18). The van der Waals surface area contributed by atoms with Crippen LogP contribution in [0.3, 0.4) is 0 Å². The minimum Gasteiger partial charge on any atom is -0.393 e. The highest BCUT2D eigenvalue weighted by Crippen LogP contribution is 2.19. The lowest BCUT2D eigenvalue weighted by Gasteiger charge is -2.21. The first-order valence-corrected chi connectivity index (χ1v) is 9.34. The van der Waals surface area contributed by atoms with Gasteiger partial charge in [0.15, 0.2) is 0 Å². The number of hydrogen-bond acceptors (Lipinski definition) is 3. The number of carbonyl (C=O) groups is 1. The van der Waals surface area contributed by atoms with Crippen LogP contribution < -0.4 is 5.73 Å². The summed E-state index contributed by atoms with van der Waals surface area (Å²) in [5.41, 5.74) is 5.29. The molecule has 4 atom stereocenters. The third-order valence-electron chi connectivity index (χ3n) is 3.84. The first-order chi connectivity index (χ1) is 9.42. The van der Waals surface area contributed by atoms with E-state index in [9.17, 15) is 14.1 Å². The van der Waals surface area contributed by atoms with Crippen LogP contribution in [0.2, 0.25) is 0 Å². The first kappa shape index (κ1) is 19.6. The molecule has 4 unspecified atom stereocenters. The zero-order valence-electron chi connectivity index (χ0n) is 13.1. The number of unbranched alkanes of at least 4 members (excludes halogenated alkanes) is 3. The largest absolute Gasteiger partial charge is 0.393 e. The molecule has 0 rings (SSSR count). The van der Waals surface area contributed by atoms with Crippen molar-refractivity contribution in [2.24, 2.45) is 11.7 Å². The highest BCUT2D eigenvalue weighted by molar-refractivity contribution is 7.84. The van der Waals surface area contributed by atoms with Gasteiger partial charge in [0.05, 0.1) is 6.10 Å². The monoisotopic (exact) mass is 305 g/mol. The lowest BCUT2D eigenvalue weighted by molar-refractivity contribution is -0.122. The molecule has 0 aromatic rings. The molecule has 1 amide bonds. The lowest BCUT2D eigenvalue weighted by atomic mass is 9.95. The van der Waals surface area contributed by atoms with Crippen molar-refractivity contribution >= 4 is 16.7 Å². The Hall–Kier alpha value is -0.420. The molecule has 0 spiro atoms. The Balaban J connectivity index is 4.22. The number of rotatable bonds is 12. The maximum Gasteiger partial charge on any atom is 0.220 e. The van der Waals surface area contributed by atoms with E-state index in [2.05, 4.69) is 6.92 Å². The molecule has 4 nitrogen and oxygen atoms in total. The normalized spacial score (nSPS) is 17.4. The molecular weight excluding hydrogens is 274 g/mol. The van der Waals surface area contributed by atoms with Crippen LogP contribution in [-0.2, 0) is 15.6 Å². The molecule has 120 valence electrons. The molecule has 0 heterocycles. The van der Waals surface area contributed by atoms with Crippen molar-refractivity contribution in [2.45, 2.75) is 76.6 Å². The fourth-order valence-corrected chi connectivity index (χ4v) is 3.42. The van der Waals surface area contributed by atoms with Crippen LogP contribution in [0.5, 0.6) is 0 Å². The van der Waals surface area contributed by atoms with E-state index in [-0.39, 0.29) is 17.1 Å². The van der Waals surface area contributed by atoms with E-state index in [1.165, 1.54) is 12.8 Å². The number of aliphatic hydroxyl groups excluding tert-OH is 1. The van der Waals surface area contributed by atoms with Gasteiger partial charge >= 0.3 is 0 Å². The van der Waals surface area contributed by atoms with Crippen molar-refractivity contribution < 1.29 is 14.1 Å². The second-order valence-electron chi connectivity index (χ2n) is 5.60. The van der Waals surface area contributed by atoms with Gasteiger partial charge < -0.3 is 10.8 Å². The van der Waals surface area contributed by atoms with Crippen LogP contribution in [0, 0.1) is 5.92 Å². The second kappa shape index (κ2) is 11.3. The Morgan fingerprint density at radius 1 is 1.20 bits per heavy atom. The predicted molar refractivity (Wildman–Crippen MR) is 84.8 cm³/mol. The van der Waals surface area contributed by atoms with Gasteiger partial charge in [-0.25, -0.2) is 0 Å². The van der Waals surface area contributed by atoms with Crippen molar-refractivity contribution in [1.29, 1.82) is 0 Å². The molecule has 0 fully saturated rings. The number of hydrogen-bond donors (Lipinski definition) is 2. The van der Waals surface area contributed by atoms with E-state index in [1.54, 1.807) is 6.26 Å². The van der Waals surface area contributed by atoms with Crippen LogP contribution in [0.15, 0.2) is 0 Å². The van der Waals surface area contributed by atoms with Crippen LogP contribution in [-0.4, -0.2) is 32.8 Å². The van der Waals surface area contributed by atoms with Gasteiger partial charge in [0.1, 0.15) is 0 Å². The Kier molecular flexibility index (Phi) is 11.0. The smallest absolute Gasteiger partial charge is 0.220 e. The molecule has 0 saturated heterocycles. The summed E-state index contributed by atoms with van der Waals surface area (Å²) in [5, 5.41) is 10.1. The summed E-state index contributed by atoms with van der Waals surface area (Å²) in [6.45, 7) is 4.05. The van der Waals surface area contributed by atoms with E-state index >= 15 is 0 Å². The minimum absolute atomic E-state index is 0.0206. The van der Waals surface area contributed by atoms with Gasteiger partial charge in [0.2, 0.25) is 5.91 Å². The maximum atomic E-state index is 11.7. The molecule has 0 bridgehead atoms. The molecule has 0 radical (unpaired) electrons. The Bertz CT molecular complexity index is 297. The molecule has 0 aliphatic heterocycles. The average Bonchev–Trinajstić information content (AvgIpc) is 2.38. The fourth-order valence-electron chi connectivity index (χ4n) is 2.43. The van der Waals surface area contributed by atoms with Gasteiger partial charge in [-0.15, -0.1) is 0 Å². The van der Waals surface area contributed by atoms with Crippen molar-refractivity contribution in [3.05, 3.63) is 0 Å². The Labute approximate surface area is 126 Å². The van der Waals surface area contributed by atoms with Crippen LogP contribution >= 0.6 is 0 Å². The second-order valence-corrected chi connectivity index (χ2v) is 7.27. The Morgan fingerprint density at radius 2 is 1.85 bits per heavy atom. The topological polar surface area (TPSA) is 80.4 Å². The van der Waals surface area contributed by atoms with Gasteiger partial charge in [0, 0.05) is 28.2 Å². The Morgan fingerprint density at radius 3 is 2.30 bits per heavy atom. The molecule has 0 saturated carbocycles. The van der Waals surface area contributed by atoms with Crippen LogP contribution in [0.4, 0.5) is 0 Å². The molecule has 5 heteroatoms. The summed E-state index contributed by atoms with van der Waals surface area (Å²) in [6, 6.07) is 0. The van der Waals surface area contributed by atoms with Crippen molar-refractivity contribution in [3.8, 4) is 0 Å². The van der Waals surface area contributed by atoms with Gasteiger partial charge in [-0.05, 0) is 25.7 Å². The number of amides is 1. The zero-order valence-corrected chi connectivity index (χ0v) is 14.0.